The Bertz CT molecular complexity index is 231. The van der Waals surface area contributed by atoms with Crippen molar-refractivity contribution in [3.8, 4) is 5.75 Å². The number of hydrogen-bond acceptors (Lipinski definition) is 2. The van der Waals surface area contributed by atoms with Gasteiger partial charge < -0.3 is 9.90 Å². The molecule has 0 aliphatic carbocycles. The van der Waals surface area contributed by atoms with Crippen molar-refractivity contribution in [3.05, 3.63) is 36.4 Å². The van der Waals surface area contributed by atoms with E-state index in [1.165, 1.54) is 0 Å². The molecular formula is C9H10O2. The smallest absolute Gasteiger partial charge is 0.122 e. The van der Waals surface area contributed by atoms with Crippen LogP contribution >= 0.6 is 0 Å². The molecule has 0 unspecified atom stereocenters. The van der Waals surface area contributed by atoms with Gasteiger partial charge in [-0.05, 0) is 6.07 Å². The zero-order valence-corrected chi connectivity index (χ0v) is 6.16. The van der Waals surface area contributed by atoms with Gasteiger partial charge in [0.05, 0.1) is 0 Å². The molecule has 1 rings (SSSR count). The van der Waals surface area contributed by atoms with E-state index in [4.69, 9.17) is 9.90 Å². The van der Waals surface area contributed by atoms with E-state index in [9.17, 15) is 0 Å². The standard InChI is InChI=1S/C8H8O.CH2O/c1-2-7-5-3-4-6-8(7)9;1-2/h2-6,9H,1H2;1H2. The molecule has 2 heteroatoms. The van der Waals surface area contributed by atoms with Crippen molar-refractivity contribution in [1.82, 2.24) is 0 Å². The fourth-order valence-corrected chi connectivity index (χ4v) is 0.660. The number of carbonyl (C=O) groups is 1. The zero-order valence-electron chi connectivity index (χ0n) is 6.16. The van der Waals surface area contributed by atoms with Crippen LogP contribution in [0, 0.1) is 0 Å². The number of aromatic hydroxyl groups is 1. The van der Waals surface area contributed by atoms with Crippen LogP contribution in [0.2, 0.25) is 0 Å². The Balaban J connectivity index is 0.000000461. The highest BCUT2D eigenvalue weighted by molar-refractivity contribution is 5.54. The van der Waals surface area contributed by atoms with Gasteiger partial charge in [-0.15, -0.1) is 0 Å². The lowest BCUT2D eigenvalue weighted by atomic mass is 10.2. The summed E-state index contributed by atoms with van der Waals surface area (Å²) in [4.78, 5) is 8.00. The summed E-state index contributed by atoms with van der Waals surface area (Å²) in [7, 11) is 0. The highest BCUT2D eigenvalue weighted by atomic mass is 16.3. The lowest BCUT2D eigenvalue weighted by Crippen LogP contribution is -1.69. The molecule has 0 radical (unpaired) electrons. The average Bonchev–Trinajstić information content (AvgIpc) is 2.09. The molecule has 0 saturated carbocycles. The van der Waals surface area contributed by atoms with Gasteiger partial charge in [0.1, 0.15) is 12.5 Å². The molecule has 2 nitrogen and oxygen atoms in total. The topological polar surface area (TPSA) is 37.3 Å². The second-order valence-corrected chi connectivity index (χ2v) is 1.76. The first-order valence-corrected chi connectivity index (χ1v) is 3.04. The summed E-state index contributed by atoms with van der Waals surface area (Å²) < 4.78 is 0. The molecule has 11 heavy (non-hydrogen) atoms. The molecule has 0 aliphatic rings. The van der Waals surface area contributed by atoms with Gasteiger partial charge in [-0.2, -0.15) is 0 Å². The zero-order chi connectivity index (χ0) is 8.69. The Morgan fingerprint density at radius 1 is 1.27 bits per heavy atom. The molecule has 0 aliphatic heterocycles. The van der Waals surface area contributed by atoms with Crippen LogP contribution in [0.1, 0.15) is 5.56 Å². The van der Waals surface area contributed by atoms with Crippen molar-refractivity contribution in [3.63, 3.8) is 0 Å². The fourth-order valence-electron chi connectivity index (χ4n) is 0.660. The van der Waals surface area contributed by atoms with Gasteiger partial charge in [0.2, 0.25) is 0 Å². The summed E-state index contributed by atoms with van der Waals surface area (Å²) in [6.45, 7) is 5.53. The predicted octanol–water partition coefficient (Wildman–Crippen LogP) is 1.85. The fraction of sp³-hybridized carbons (Fsp3) is 0. The van der Waals surface area contributed by atoms with E-state index in [0.717, 1.165) is 5.56 Å². The van der Waals surface area contributed by atoms with Crippen LogP contribution in [0.15, 0.2) is 30.8 Å². The van der Waals surface area contributed by atoms with Crippen LogP contribution in [0.4, 0.5) is 0 Å². The lowest BCUT2D eigenvalue weighted by Gasteiger charge is -1.93. The van der Waals surface area contributed by atoms with Gasteiger partial charge in [-0.3, -0.25) is 0 Å². The molecular weight excluding hydrogens is 140 g/mol. The molecule has 0 atom stereocenters. The quantitative estimate of drug-likeness (QED) is 0.663. The third kappa shape index (κ3) is 2.67. The van der Waals surface area contributed by atoms with Gasteiger partial charge in [0.25, 0.3) is 0 Å². The highest BCUT2D eigenvalue weighted by Crippen LogP contribution is 2.15. The van der Waals surface area contributed by atoms with E-state index in [1.807, 2.05) is 18.9 Å². The second-order valence-electron chi connectivity index (χ2n) is 1.76. The molecule has 0 bridgehead atoms. The first-order valence-electron chi connectivity index (χ1n) is 3.04. The molecule has 1 N–H and O–H groups in total. The number of hydrogen-bond donors (Lipinski definition) is 1. The number of phenolic OH excluding ortho intramolecular Hbond substituents is 1. The molecule has 0 fully saturated rings. The van der Waals surface area contributed by atoms with Crippen molar-refractivity contribution >= 4 is 12.9 Å². The van der Waals surface area contributed by atoms with Gasteiger partial charge in [-0.1, -0.05) is 30.9 Å². The number of phenols is 1. The molecule has 1 aromatic carbocycles. The Morgan fingerprint density at radius 3 is 2.18 bits per heavy atom. The largest absolute Gasteiger partial charge is 0.507 e. The van der Waals surface area contributed by atoms with Crippen molar-refractivity contribution in [2.45, 2.75) is 0 Å². The summed E-state index contributed by atoms with van der Waals surface area (Å²) in [6.07, 6.45) is 1.62. The molecule has 58 valence electrons. The van der Waals surface area contributed by atoms with Crippen LogP contribution in [-0.2, 0) is 4.79 Å². The van der Waals surface area contributed by atoms with E-state index in [1.54, 1.807) is 18.2 Å². The van der Waals surface area contributed by atoms with Crippen LogP contribution in [-0.4, -0.2) is 11.9 Å². The first-order chi connectivity index (χ1) is 5.34. The number of rotatable bonds is 1. The maximum atomic E-state index is 9.04. The molecule has 0 saturated heterocycles. The number of benzene rings is 1. The normalized spacial score (nSPS) is 7.64. The van der Waals surface area contributed by atoms with Crippen LogP contribution in [0.3, 0.4) is 0 Å². The summed E-state index contributed by atoms with van der Waals surface area (Å²) in [5.41, 5.74) is 0.775. The van der Waals surface area contributed by atoms with Crippen LogP contribution in [0.25, 0.3) is 6.08 Å². The Labute approximate surface area is 65.8 Å². The van der Waals surface area contributed by atoms with Crippen molar-refractivity contribution in [1.29, 1.82) is 0 Å². The van der Waals surface area contributed by atoms with Gasteiger partial charge in [0, 0.05) is 5.56 Å². The van der Waals surface area contributed by atoms with Gasteiger partial charge in [0.15, 0.2) is 0 Å². The second kappa shape index (κ2) is 5.23. The third-order valence-electron chi connectivity index (χ3n) is 1.16. The van der Waals surface area contributed by atoms with Crippen LogP contribution in [0.5, 0.6) is 5.75 Å². The van der Waals surface area contributed by atoms with E-state index in [-0.39, 0.29) is 5.75 Å². The van der Waals surface area contributed by atoms with Crippen molar-refractivity contribution in [2.24, 2.45) is 0 Å². The summed E-state index contributed by atoms with van der Waals surface area (Å²) >= 11 is 0. The maximum Gasteiger partial charge on any atom is 0.122 e. The van der Waals surface area contributed by atoms with Gasteiger partial charge in [-0.25, -0.2) is 0 Å². The van der Waals surface area contributed by atoms with E-state index >= 15 is 0 Å². The predicted molar refractivity (Wildman–Crippen MR) is 45.3 cm³/mol. The SMILES string of the molecule is C=Cc1ccccc1O.C=O. The summed E-state index contributed by atoms with van der Waals surface area (Å²) in [5, 5.41) is 9.04. The monoisotopic (exact) mass is 150 g/mol. The molecule has 1 aromatic rings. The Kier molecular flexibility index (Phi) is 4.49. The first kappa shape index (κ1) is 9.43. The van der Waals surface area contributed by atoms with Crippen molar-refractivity contribution < 1.29 is 9.90 Å². The molecule has 0 amide bonds. The molecule has 0 heterocycles. The van der Waals surface area contributed by atoms with E-state index in [2.05, 4.69) is 6.58 Å². The minimum Gasteiger partial charge on any atom is -0.507 e. The molecule has 0 aromatic heterocycles. The maximum absolute atomic E-state index is 9.04. The molecule has 0 spiro atoms. The van der Waals surface area contributed by atoms with Crippen LogP contribution < -0.4 is 0 Å². The van der Waals surface area contributed by atoms with E-state index in [0.29, 0.717) is 0 Å². The minimum atomic E-state index is 0.285. The lowest BCUT2D eigenvalue weighted by molar-refractivity contribution is -0.0979. The summed E-state index contributed by atoms with van der Waals surface area (Å²) in [6, 6.07) is 7.08. The Morgan fingerprint density at radius 2 is 1.82 bits per heavy atom. The average molecular weight is 150 g/mol. The number of carbonyl (C=O) groups excluding carboxylic acids is 1. The minimum absolute atomic E-state index is 0.285. The number of para-hydroxylation sites is 1. The van der Waals surface area contributed by atoms with E-state index < -0.39 is 0 Å². The van der Waals surface area contributed by atoms with Crippen molar-refractivity contribution in [2.75, 3.05) is 0 Å². The Hall–Kier alpha value is -1.57. The third-order valence-corrected chi connectivity index (χ3v) is 1.16. The highest BCUT2D eigenvalue weighted by Gasteiger charge is 1.89. The van der Waals surface area contributed by atoms with Gasteiger partial charge >= 0.3 is 0 Å². The summed E-state index contributed by atoms with van der Waals surface area (Å²) in [5.74, 6) is 0.285.